The number of phosphoric ester groups is 1. The molecule has 314 valence electrons. The number of nitrogens with one attached hydrogen (secondary N) is 1. The summed E-state index contributed by atoms with van der Waals surface area (Å²) >= 11 is 0. The molecule has 0 aliphatic carbocycles. The molecule has 11 nitrogen and oxygen atoms in total. The highest BCUT2D eigenvalue weighted by Gasteiger charge is 2.28. The highest BCUT2D eigenvalue weighted by molar-refractivity contribution is 7.47. The number of hydrogen-bond donors (Lipinski definition) is 4. The highest BCUT2D eigenvalue weighted by atomic mass is 31.2. The zero-order valence-electron chi connectivity index (χ0n) is 33.7. The molecule has 12 heteroatoms. The zero-order valence-corrected chi connectivity index (χ0v) is 34.6. The third-order valence-electron chi connectivity index (χ3n) is 8.26. The lowest BCUT2D eigenvalue weighted by atomic mass is 10.1. The molecule has 3 unspecified atom stereocenters. The average molecular weight is 794 g/mol. The molecule has 0 aromatic heterocycles. The number of hydrogen-bond acceptors (Lipinski definition) is 8. The van der Waals surface area contributed by atoms with Crippen LogP contribution in [0.1, 0.15) is 149 Å². The highest BCUT2D eigenvalue weighted by Crippen LogP contribution is 2.43. The Morgan fingerprint density at radius 2 is 1.05 bits per heavy atom. The monoisotopic (exact) mass is 793 g/mol. The number of amides is 1. The minimum atomic E-state index is -4.77. The molecule has 0 saturated heterocycles. The molecule has 55 heavy (non-hydrogen) atoms. The van der Waals surface area contributed by atoms with Crippen LogP contribution in [-0.4, -0.2) is 64.9 Å². The van der Waals surface area contributed by atoms with Crippen molar-refractivity contribution in [2.75, 3.05) is 19.8 Å². The summed E-state index contributed by atoms with van der Waals surface area (Å²) in [5.74, 6) is -2.45. The van der Waals surface area contributed by atoms with Gasteiger partial charge in [0.05, 0.1) is 13.2 Å². The van der Waals surface area contributed by atoms with Crippen molar-refractivity contribution in [3.8, 4) is 0 Å². The van der Waals surface area contributed by atoms with E-state index in [0.717, 1.165) is 70.6 Å². The van der Waals surface area contributed by atoms with Crippen molar-refractivity contribution >= 4 is 25.7 Å². The molecular weight excluding hydrogens is 721 g/mol. The lowest BCUT2D eigenvalue weighted by molar-refractivity contribution is -0.147. The van der Waals surface area contributed by atoms with Crippen molar-refractivity contribution < 1.29 is 47.8 Å². The van der Waals surface area contributed by atoms with E-state index in [9.17, 15) is 34.1 Å². The van der Waals surface area contributed by atoms with Crippen molar-refractivity contribution in [3.05, 3.63) is 72.9 Å². The van der Waals surface area contributed by atoms with Crippen LogP contribution in [0.15, 0.2) is 72.9 Å². The first-order valence-electron chi connectivity index (χ1n) is 20.5. The molecule has 3 atom stereocenters. The zero-order chi connectivity index (χ0) is 40.7. The van der Waals surface area contributed by atoms with Crippen LogP contribution in [0, 0.1) is 0 Å². The molecule has 0 radical (unpaired) electrons. The Morgan fingerprint density at radius 1 is 0.600 bits per heavy atom. The third-order valence-corrected chi connectivity index (χ3v) is 9.21. The van der Waals surface area contributed by atoms with Crippen molar-refractivity contribution in [2.45, 2.75) is 161 Å². The van der Waals surface area contributed by atoms with Crippen LogP contribution in [0.3, 0.4) is 0 Å². The summed E-state index contributed by atoms with van der Waals surface area (Å²) < 4.78 is 26.7. The standard InChI is InChI=1S/C43H72NO10P/c1-3-5-7-9-11-13-15-16-17-18-19-20-21-22-23-24-25-26-28-30-32-34-41(46)44-40(43(48)49)38-54-55(50,51)53-37-39(45)36-52-42(47)35-33-31-29-27-14-12-10-8-6-4-2/h5,7,11,13,16-17,19-20,22-23,25-26,39-40,45H,3-4,6,8-10,12,14-15,18,21,24,27-38H2,1-2H3,(H,44,46)(H,48,49)(H,50,51)/b7-5-,13-11-,17-16-,20-19-,23-22-,26-25-. The number of carbonyl (C=O) groups excluding carboxylic acids is 2. The van der Waals surface area contributed by atoms with Crippen LogP contribution in [0.2, 0.25) is 0 Å². The van der Waals surface area contributed by atoms with Gasteiger partial charge in [0, 0.05) is 12.8 Å². The Kier molecular flexibility index (Phi) is 35.7. The van der Waals surface area contributed by atoms with Crippen LogP contribution >= 0.6 is 7.82 Å². The number of carboxylic acid groups (broad SMARTS) is 1. The van der Waals surface area contributed by atoms with Crippen molar-refractivity contribution in [1.29, 1.82) is 0 Å². The quantitative estimate of drug-likeness (QED) is 0.0206. The van der Waals surface area contributed by atoms with Crippen LogP contribution < -0.4 is 5.32 Å². The van der Waals surface area contributed by atoms with E-state index in [2.05, 4.69) is 86.0 Å². The topological polar surface area (TPSA) is 169 Å². The number of phosphoric acid groups is 1. The largest absolute Gasteiger partial charge is 0.480 e. The predicted octanol–water partition coefficient (Wildman–Crippen LogP) is 10.2. The summed E-state index contributed by atoms with van der Waals surface area (Å²) in [6.07, 6.45) is 43.7. The lowest BCUT2D eigenvalue weighted by Gasteiger charge is -2.18. The van der Waals surface area contributed by atoms with E-state index in [1.165, 1.54) is 38.5 Å². The number of carboxylic acids is 1. The summed E-state index contributed by atoms with van der Waals surface area (Å²) in [5, 5.41) is 21.7. The molecule has 4 N–H and O–H groups in total. The normalized spacial score (nSPS) is 14.5. The number of ether oxygens (including phenoxy) is 1. The minimum Gasteiger partial charge on any atom is -0.480 e. The Bertz CT molecular complexity index is 1210. The summed E-state index contributed by atoms with van der Waals surface area (Å²) in [7, 11) is -4.77. The number of aliphatic carboxylic acids is 1. The average Bonchev–Trinajstić information content (AvgIpc) is 3.16. The van der Waals surface area contributed by atoms with Gasteiger partial charge in [0.25, 0.3) is 0 Å². The Hall–Kier alpha value is -3.08. The number of rotatable bonds is 37. The number of aliphatic hydroxyl groups excluding tert-OH is 1. The number of esters is 1. The van der Waals surface area contributed by atoms with E-state index in [0.29, 0.717) is 12.8 Å². The fraction of sp³-hybridized carbons (Fsp3) is 0.651. The molecule has 0 aliphatic heterocycles. The maximum Gasteiger partial charge on any atom is 0.472 e. The lowest BCUT2D eigenvalue weighted by Crippen LogP contribution is -2.43. The van der Waals surface area contributed by atoms with Gasteiger partial charge in [-0.1, -0.05) is 145 Å². The fourth-order valence-electron chi connectivity index (χ4n) is 5.08. The molecule has 0 heterocycles. The van der Waals surface area contributed by atoms with Crippen LogP contribution in [0.5, 0.6) is 0 Å². The Morgan fingerprint density at radius 3 is 1.56 bits per heavy atom. The van der Waals surface area contributed by atoms with Crippen LogP contribution in [0.4, 0.5) is 0 Å². The van der Waals surface area contributed by atoms with Gasteiger partial charge in [-0.05, 0) is 64.2 Å². The van der Waals surface area contributed by atoms with E-state index in [1.54, 1.807) is 0 Å². The predicted molar refractivity (Wildman–Crippen MR) is 221 cm³/mol. The summed E-state index contributed by atoms with van der Waals surface area (Å²) in [6.45, 7) is 2.40. The Labute approximate surface area is 331 Å². The molecule has 0 spiro atoms. The van der Waals surface area contributed by atoms with Gasteiger partial charge in [-0.2, -0.15) is 0 Å². The van der Waals surface area contributed by atoms with Crippen LogP contribution in [0.25, 0.3) is 0 Å². The molecule has 0 fully saturated rings. The first-order chi connectivity index (χ1) is 26.6. The molecule has 0 saturated carbocycles. The molecular formula is C43H72NO10P. The molecule has 0 bridgehead atoms. The van der Waals surface area contributed by atoms with Gasteiger partial charge in [0.2, 0.25) is 5.91 Å². The SMILES string of the molecule is CC/C=C\C/C=C\C/C=C\C/C=C\C/C=C\C/C=C\CCCCC(=O)NC(COP(=O)(O)OCC(O)COC(=O)CCCCCCCCCCCC)C(=O)O. The van der Waals surface area contributed by atoms with E-state index < -0.39 is 57.6 Å². The van der Waals surface area contributed by atoms with Gasteiger partial charge in [-0.15, -0.1) is 0 Å². The summed E-state index contributed by atoms with van der Waals surface area (Å²) in [5.41, 5.74) is 0. The third kappa shape index (κ3) is 37.6. The van der Waals surface area contributed by atoms with Gasteiger partial charge in [-0.25, -0.2) is 9.36 Å². The van der Waals surface area contributed by atoms with Gasteiger partial charge < -0.3 is 25.2 Å². The van der Waals surface area contributed by atoms with Crippen LogP contribution in [-0.2, 0) is 32.7 Å². The maximum atomic E-state index is 12.3. The second-order valence-electron chi connectivity index (χ2n) is 13.4. The molecule has 0 aromatic carbocycles. The second-order valence-corrected chi connectivity index (χ2v) is 14.9. The maximum absolute atomic E-state index is 12.3. The Balaban J connectivity index is 4.05. The molecule has 0 rings (SSSR count). The second kappa shape index (κ2) is 37.8. The summed E-state index contributed by atoms with van der Waals surface area (Å²) in [4.78, 5) is 45.7. The number of aliphatic hydroxyl groups is 1. The van der Waals surface area contributed by atoms with E-state index in [-0.39, 0.29) is 12.8 Å². The fourth-order valence-corrected chi connectivity index (χ4v) is 5.85. The van der Waals surface area contributed by atoms with Gasteiger partial charge >= 0.3 is 19.8 Å². The van der Waals surface area contributed by atoms with E-state index in [1.807, 2.05) is 6.08 Å². The summed E-state index contributed by atoms with van der Waals surface area (Å²) in [6, 6.07) is -1.57. The first kappa shape index (κ1) is 51.9. The van der Waals surface area contributed by atoms with Crippen molar-refractivity contribution in [3.63, 3.8) is 0 Å². The number of unbranched alkanes of at least 4 members (excludes halogenated alkanes) is 11. The van der Waals surface area contributed by atoms with Gasteiger partial charge in [-0.3, -0.25) is 18.6 Å². The molecule has 0 aromatic rings. The van der Waals surface area contributed by atoms with Gasteiger partial charge in [0.1, 0.15) is 12.7 Å². The first-order valence-corrected chi connectivity index (χ1v) is 22.0. The minimum absolute atomic E-state index is 0.0871. The number of carbonyl (C=O) groups is 3. The van der Waals surface area contributed by atoms with Gasteiger partial charge in [0.15, 0.2) is 6.04 Å². The van der Waals surface area contributed by atoms with E-state index in [4.69, 9.17) is 13.8 Å². The molecule has 1 amide bonds. The smallest absolute Gasteiger partial charge is 0.472 e. The van der Waals surface area contributed by atoms with Crippen molar-refractivity contribution in [2.24, 2.45) is 0 Å². The molecule has 0 aliphatic rings. The van der Waals surface area contributed by atoms with Crippen molar-refractivity contribution in [1.82, 2.24) is 5.32 Å². The van der Waals surface area contributed by atoms with E-state index >= 15 is 0 Å². The number of allylic oxidation sites excluding steroid dienone is 12.